The lowest BCUT2D eigenvalue weighted by molar-refractivity contribution is 0.460. The summed E-state index contributed by atoms with van der Waals surface area (Å²) in [5, 5.41) is 4.08. The first-order valence-corrected chi connectivity index (χ1v) is 9.97. The van der Waals surface area contributed by atoms with Gasteiger partial charge in [0.25, 0.3) is 10.0 Å². The van der Waals surface area contributed by atoms with Crippen molar-refractivity contribution < 1.29 is 21.9 Å². The molecule has 0 radical (unpaired) electrons. The van der Waals surface area contributed by atoms with E-state index in [-0.39, 0.29) is 11.6 Å². The summed E-state index contributed by atoms with van der Waals surface area (Å²) in [7, 11) is -4.08. The molecule has 0 fully saturated rings. The van der Waals surface area contributed by atoms with Crippen LogP contribution in [0.5, 0.6) is 11.6 Å². The van der Waals surface area contributed by atoms with Gasteiger partial charge in [0.05, 0.1) is 4.90 Å². The van der Waals surface area contributed by atoms with E-state index in [0.717, 1.165) is 12.1 Å². The Bertz CT molecular complexity index is 1280. The van der Waals surface area contributed by atoms with E-state index in [2.05, 4.69) is 19.8 Å². The first-order chi connectivity index (χ1) is 14.4. The number of nitrogens with one attached hydrogen (secondary N) is 1. The van der Waals surface area contributed by atoms with Crippen LogP contribution in [0.1, 0.15) is 0 Å². The molecule has 11 heteroatoms. The molecule has 2 heterocycles. The second-order valence-corrected chi connectivity index (χ2v) is 7.66. The summed E-state index contributed by atoms with van der Waals surface area (Å²) in [4.78, 5) is 7.74. The minimum atomic E-state index is -4.08. The van der Waals surface area contributed by atoms with Crippen molar-refractivity contribution >= 4 is 15.7 Å². The van der Waals surface area contributed by atoms with Gasteiger partial charge in [0.1, 0.15) is 12.1 Å². The Morgan fingerprint density at radius 3 is 2.47 bits per heavy atom. The van der Waals surface area contributed by atoms with Gasteiger partial charge >= 0.3 is 0 Å². The van der Waals surface area contributed by atoms with E-state index in [0.29, 0.717) is 17.6 Å². The third-order valence-electron chi connectivity index (χ3n) is 3.90. The van der Waals surface area contributed by atoms with Crippen LogP contribution in [0.25, 0.3) is 5.82 Å². The molecule has 0 amide bonds. The number of halogens is 2. The fourth-order valence-electron chi connectivity index (χ4n) is 2.49. The molecule has 0 unspecified atom stereocenters. The molecule has 2 aromatic heterocycles. The van der Waals surface area contributed by atoms with Gasteiger partial charge in [0.2, 0.25) is 5.88 Å². The van der Waals surface area contributed by atoms with E-state index in [1.807, 2.05) is 0 Å². The highest BCUT2D eigenvalue weighted by Crippen LogP contribution is 2.24. The van der Waals surface area contributed by atoms with Crippen LogP contribution in [0.3, 0.4) is 0 Å². The molecule has 0 atom stereocenters. The van der Waals surface area contributed by atoms with Crippen molar-refractivity contribution in [2.75, 3.05) is 4.72 Å². The first-order valence-electron chi connectivity index (χ1n) is 8.48. The van der Waals surface area contributed by atoms with Crippen molar-refractivity contribution in [2.45, 2.75) is 4.90 Å². The Morgan fingerprint density at radius 2 is 1.77 bits per heavy atom. The Kier molecular flexibility index (Phi) is 5.11. The summed E-state index contributed by atoms with van der Waals surface area (Å²) in [5.74, 6) is -1.20. The number of ether oxygens (including phenoxy) is 1. The predicted molar refractivity (Wildman–Crippen MR) is 103 cm³/mol. The summed E-state index contributed by atoms with van der Waals surface area (Å²) in [6, 6.07) is 11.7. The molecule has 8 nitrogen and oxygen atoms in total. The van der Waals surface area contributed by atoms with E-state index < -0.39 is 26.6 Å². The molecule has 0 aliphatic rings. The molecule has 30 heavy (non-hydrogen) atoms. The van der Waals surface area contributed by atoms with Crippen molar-refractivity contribution in [3.8, 4) is 17.4 Å². The molecule has 1 N–H and O–H groups in total. The van der Waals surface area contributed by atoms with E-state index in [9.17, 15) is 17.2 Å². The Morgan fingerprint density at radius 1 is 0.967 bits per heavy atom. The standard InChI is InChI=1S/C19H13F2N5O3S/c20-16-7-6-15(10-17(16)21)30(27,28)25-13-2-4-14(5-3-13)29-19-11-18(22-12-23-19)26-9-1-8-24-26/h1-12,25H. The zero-order chi connectivity index (χ0) is 21.1. The fourth-order valence-corrected chi connectivity index (χ4v) is 3.56. The lowest BCUT2D eigenvalue weighted by Gasteiger charge is -2.10. The van der Waals surface area contributed by atoms with E-state index in [1.165, 1.54) is 30.6 Å². The number of hydrogen-bond donors (Lipinski definition) is 1. The number of aromatic nitrogens is 4. The highest BCUT2D eigenvalue weighted by Gasteiger charge is 2.16. The minimum Gasteiger partial charge on any atom is -0.439 e. The van der Waals surface area contributed by atoms with E-state index in [4.69, 9.17) is 4.74 Å². The molecule has 4 aromatic rings. The molecule has 0 saturated heterocycles. The van der Waals surface area contributed by atoms with Crippen molar-refractivity contribution in [3.05, 3.63) is 85.0 Å². The third-order valence-corrected chi connectivity index (χ3v) is 5.28. The summed E-state index contributed by atoms with van der Waals surface area (Å²) < 4.78 is 60.5. The summed E-state index contributed by atoms with van der Waals surface area (Å²) >= 11 is 0. The van der Waals surface area contributed by atoms with Gasteiger partial charge in [-0.3, -0.25) is 4.72 Å². The van der Waals surface area contributed by atoms with Crippen molar-refractivity contribution in [3.63, 3.8) is 0 Å². The number of sulfonamides is 1. The van der Waals surface area contributed by atoms with Crippen LogP contribution in [0.2, 0.25) is 0 Å². The topological polar surface area (TPSA) is 99.0 Å². The van der Waals surface area contributed by atoms with E-state index >= 15 is 0 Å². The summed E-state index contributed by atoms with van der Waals surface area (Å²) in [6.45, 7) is 0. The molecule has 0 spiro atoms. The Hall–Kier alpha value is -3.86. The second kappa shape index (κ2) is 7.87. The van der Waals surface area contributed by atoms with Gasteiger partial charge in [-0.2, -0.15) is 5.10 Å². The quantitative estimate of drug-likeness (QED) is 0.503. The number of rotatable bonds is 6. The van der Waals surface area contributed by atoms with Crippen LogP contribution in [0, 0.1) is 11.6 Å². The molecular formula is C19H13F2N5O3S. The van der Waals surface area contributed by atoms with Crippen LogP contribution in [-0.2, 0) is 10.0 Å². The van der Waals surface area contributed by atoms with E-state index in [1.54, 1.807) is 29.2 Å². The monoisotopic (exact) mass is 429 g/mol. The van der Waals surface area contributed by atoms with Crippen LogP contribution in [0.4, 0.5) is 14.5 Å². The highest BCUT2D eigenvalue weighted by atomic mass is 32.2. The number of benzene rings is 2. The Balaban J connectivity index is 1.48. The van der Waals surface area contributed by atoms with Gasteiger partial charge < -0.3 is 4.74 Å². The number of nitrogens with zero attached hydrogens (tertiary/aromatic N) is 4. The average molecular weight is 429 g/mol. The van der Waals surface area contributed by atoms with Crippen LogP contribution >= 0.6 is 0 Å². The highest BCUT2D eigenvalue weighted by molar-refractivity contribution is 7.92. The maximum atomic E-state index is 13.3. The van der Waals surface area contributed by atoms with Gasteiger partial charge in [0.15, 0.2) is 17.5 Å². The van der Waals surface area contributed by atoms with Crippen LogP contribution < -0.4 is 9.46 Å². The molecule has 0 saturated carbocycles. The average Bonchev–Trinajstić information content (AvgIpc) is 3.26. The second-order valence-electron chi connectivity index (χ2n) is 5.97. The van der Waals surface area contributed by atoms with Crippen molar-refractivity contribution in [1.82, 2.24) is 19.7 Å². The predicted octanol–water partition coefficient (Wildman–Crippen LogP) is 3.53. The number of hydrogen-bond acceptors (Lipinski definition) is 6. The zero-order valence-electron chi connectivity index (χ0n) is 15.1. The smallest absolute Gasteiger partial charge is 0.261 e. The maximum Gasteiger partial charge on any atom is 0.261 e. The molecule has 4 rings (SSSR count). The van der Waals surface area contributed by atoms with Gasteiger partial charge in [0, 0.05) is 24.1 Å². The molecule has 0 aliphatic carbocycles. The maximum absolute atomic E-state index is 13.3. The number of anilines is 1. The molecule has 0 aliphatic heterocycles. The van der Waals surface area contributed by atoms with Gasteiger partial charge in [-0.25, -0.2) is 31.8 Å². The van der Waals surface area contributed by atoms with Crippen molar-refractivity contribution in [2.24, 2.45) is 0 Å². The fraction of sp³-hybridized carbons (Fsp3) is 0. The van der Waals surface area contributed by atoms with Gasteiger partial charge in [-0.05, 0) is 48.5 Å². The van der Waals surface area contributed by atoms with Crippen LogP contribution in [-0.4, -0.2) is 28.2 Å². The molecule has 2 aromatic carbocycles. The van der Waals surface area contributed by atoms with Crippen LogP contribution in [0.15, 0.2) is 78.2 Å². The largest absolute Gasteiger partial charge is 0.439 e. The zero-order valence-corrected chi connectivity index (χ0v) is 15.9. The Labute approximate surface area is 169 Å². The molecular weight excluding hydrogens is 416 g/mol. The van der Waals surface area contributed by atoms with Gasteiger partial charge in [-0.1, -0.05) is 0 Å². The lowest BCUT2D eigenvalue weighted by Crippen LogP contribution is -2.13. The normalized spacial score (nSPS) is 11.3. The van der Waals surface area contributed by atoms with Gasteiger partial charge in [-0.15, -0.1) is 0 Å². The minimum absolute atomic E-state index is 0.215. The summed E-state index contributed by atoms with van der Waals surface area (Å²) in [5.41, 5.74) is 0.215. The third kappa shape index (κ3) is 4.25. The molecule has 0 bridgehead atoms. The summed E-state index contributed by atoms with van der Waals surface area (Å²) in [6.07, 6.45) is 4.67. The lowest BCUT2D eigenvalue weighted by atomic mass is 10.3. The molecule has 152 valence electrons. The van der Waals surface area contributed by atoms with Crippen molar-refractivity contribution in [1.29, 1.82) is 0 Å². The SMILES string of the molecule is O=S(=O)(Nc1ccc(Oc2cc(-n3cccn3)ncn2)cc1)c1ccc(F)c(F)c1. The first kappa shape index (κ1) is 19.5.